The molecule has 0 aromatic heterocycles. The van der Waals surface area contributed by atoms with Gasteiger partial charge in [0.15, 0.2) is 0 Å². The van der Waals surface area contributed by atoms with Crippen LogP contribution in [0.5, 0.6) is 0 Å². The maximum atomic E-state index is 10.7. The van der Waals surface area contributed by atoms with Crippen molar-refractivity contribution in [3.63, 3.8) is 0 Å². The summed E-state index contributed by atoms with van der Waals surface area (Å²) in [6, 6.07) is 0. The lowest BCUT2D eigenvalue weighted by Gasteiger charge is -2.38. The molecule has 0 aromatic rings. The predicted octanol–water partition coefficient (Wildman–Crippen LogP) is 7.27. The van der Waals surface area contributed by atoms with Crippen molar-refractivity contribution >= 4 is 0 Å². The SMILES string of the molecule is CCCCCCCCCCCCCC[N+](C)(CCCCCCCCCCCCCC)C[C@H](O)[C@@H](O)[C@@H](O)[C@H](O)CO. The first kappa shape index (κ1) is 40.8. The Balaban J connectivity index is 4.38. The van der Waals surface area contributed by atoms with E-state index in [1.165, 1.54) is 141 Å². The first-order valence-corrected chi connectivity index (χ1v) is 18.0. The molecule has 0 aromatic carbocycles. The van der Waals surface area contributed by atoms with Gasteiger partial charge in [0.2, 0.25) is 0 Å². The largest absolute Gasteiger partial charge is 0.394 e. The minimum Gasteiger partial charge on any atom is -0.394 e. The van der Waals surface area contributed by atoms with E-state index in [0.29, 0.717) is 11.0 Å². The van der Waals surface area contributed by atoms with Crippen LogP contribution >= 0.6 is 0 Å². The van der Waals surface area contributed by atoms with Crippen LogP contribution in [0.3, 0.4) is 0 Å². The molecule has 0 heterocycles. The summed E-state index contributed by atoms with van der Waals surface area (Å²) >= 11 is 0. The molecule has 0 unspecified atom stereocenters. The van der Waals surface area contributed by atoms with Crippen LogP contribution in [-0.4, -0.2) is 87.7 Å². The lowest BCUT2D eigenvalue weighted by atomic mass is 10.0. The highest BCUT2D eigenvalue weighted by Crippen LogP contribution is 2.18. The molecule has 0 fully saturated rings. The Hall–Kier alpha value is -0.240. The van der Waals surface area contributed by atoms with Crippen molar-refractivity contribution in [3.05, 3.63) is 0 Å². The third-order valence-electron chi connectivity index (χ3n) is 9.06. The van der Waals surface area contributed by atoms with Gasteiger partial charge >= 0.3 is 0 Å². The smallest absolute Gasteiger partial charge is 0.131 e. The minimum absolute atomic E-state index is 0.340. The predicted molar refractivity (Wildman–Crippen MR) is 174 cm³/mol. The molecule has 5 N–H and O–H groups in total. The molecular weight excluding hydrogens is 514 g/mol. The molecule has 0 bridgehead atoms. The van der Waals surface area contributed by atoms with Gasteiger partial charge in [0, 0.05) is 0 Å². The van der Waals surface area contributed by atoms with Crippen molar-refractivity contribution in [3.8, 4) is 0 Å². The van der Waals surface area contributed by atoms with Crippen molar-refractivity contribution in [1.29, 1.82) is 0 Å². The van der Waals surface area contributed by atoms with Crippen LogP contribution in [0.15, 0.2) is 0 Å². The van der Waals surface area contributed by atoms with Crippen LogP contribution in [0.25, 0.3) is 0 Å². The second kappa shape index (κ2) is 28.5. The van der Waals surface area contributed by atoms with E-state index in [9.17, 15) is 20.4 Å². The van der Waals surface area contributed by atoms with E-state index in [-0.39, 0.29) is 0 Å². The number of nitrogens with zero attached hydrogens (tertiary/aromatic N) is 1. The van der Waals surface area contributed by atoms with Crippen LogP contribution in [-0.2, 0) is 0 Å². The molecule has 0 aliphatic heterocycles. The maximum Gasteiger partial charge on any atom is 0.131 e. The summed E-state index contributed by atoms with van der Waals surface area (Å²) < 4.78 is 0.662. The number of unbranched alkanes of at least 4 members (excludes halogenated alkanes) is 22. The second-order valence-electron chi connectivity index (χ2n) is 13.3. The van der Waals surface area contributed by atoms with E-state index in [0.717, 1.165) is 25.9 Å². The molecule has 0 aliphatic rings. The topological polar surface area (TPSA) is 101 Å². The third kappa shape index (κ3) is 23.8. The molecule has 41 heavy (non-hydrogen) atoms. The third-order valence-corrected chi connectivity index (χ3v) is 9.06. The summed E-state index contributed by atoms with van der Waals surface area (Å²) in [5.74, 6) is 0. The molecule has 0 spiro atoms. The van der Waals surface area contributed by atoms with E-state index in [1.54, 1.807) is 0 Å². The molecule has 6 heteroatoms. The standard InChI is InChI=1S/C35H74NO5/c1-4-6-8-10-12-14-16-18-20-22-24-26-28-36(3,30-32(38)34(40)35(41)33(39)31-37)29-27-25-23-21-19-17-15-13-11-9-7-5-2/h32-35,37-41H,4-31H2,1-3H3/q+1/t32-,33+,34+,35-/m0/s1. The zero-order chi connectivity index (χ0) is 30.6. The van der Waals surface area contributed by atoms with Crippen molar-refractivity contribution in [2.45, 2.75) is 192 Å². The van der Waals surface area contributed by atoms with Gasteiger partial charge in [-0.25, -0.2) is 0 Å². The van der Waals surface area contributed by atoms with Crippen molar-refractivity contribution in [1.82, 2.24) is 0 Å². The number of quaternary nitrogens is 1. The number of hydrogen-bond donors (Lipinski definition) is 5. The normalized spacial score (nSPS) is 15.2. The molecule has 0 saturated heterocycles. The van der Waals surface area contributed by atoms with Crippen LogP contribution in [0.4, 0.5) is 0 Å². The summed E-state index contributed by atoms with van der Waals surface area (Å²) in [4.78, 5) is 0. The molecule has 0 saturated carbocycles. The fourth-order valence-electron chi connectivity index (χ4n) is 6.09. The van der Waals surface area contributed by atoms with E-state index < -0.39 is 31.0 Å². The molecule has 0 radical (unpaired) electrons. The minimum atomic E-state index is -1.55. The zero-order valence-electron chi connectivity index (χ0n) is 27.8. The lowest BCUT2D eigenvalue weighted by molar-refractivity contribution is -0.913. The first-order valence-electron chi connectivity index (χ1n) is 18.0. The van der Waals surface area contributed by atoms with Gasteiger partial charge in [-0.05, 0) is 25.7 Å². The fourth-order valence-corrected chi connectivity index (χ4v) is 6.09. The molecule has 248 valence electrons. The van der Waals surface area contributed by atoms with Gasteiger partial charge in [0.1, 0.15) is 31.0 Å². The van der Waals surface area contributed by atoms with Crippen LogP contribution in [0.1, 0.15) is 168 Å². The molecular formula is C35H74NO5+. The monoisotopic (exact) mass is 589 g/mol. The summed E-state index contributed by atoms with van der Waals surface area (Å²) in [5.41, 5.74) is 0. The van der Waals surface area contributed by atoms with Gasteiger partial charge in [0.05, 0.1) is 26.7 Å². The number of hydrogen-bond acceptors (Lipinski definition) is 5. The Morgan fingerprint density at radius 3 is 0.976 bits per heavy atom. The Kier molecular flexibility index (Phi) is 28.4. The Labute approximate surface area is 255 Å². The van der Waals surface area contributed by atoms with Crippen molar-refractivity contribution < 1.29 is 30.0 Å². The van der Waals surface area contributed by atoms with Crippen LogP contribution in [0.2, 0.25) is 0 Å². The van der Waals surface area contributed by atoms with E-state index in [2.05, 4.69) is 20.9 Å². The maximum absolute atomic E-state index is 10.7. The average molecular weight is 589 g/mol. The van der Waals surface area contributed by atoms with Gasteiger partial charge in [-0.3, -0.25) is 0 Å². The van der Waals surface area contributed by atoms with Crippen LogP contribution < -0.4 is 0 Å². The highest BCUT2D eigenvalue weighted by atomic mass is 16.4. The summed E-state index contributed by atoms with van der Waals surface area (Å²) in [6.45, 7) is 6.11. The Bertz CT molecular complexity index is 507. The summed E-state index contributed by atoms with van der Waals surface area (Å²) in [5, 5.41) is 50.1. The molecule has 0 rings (SSSR count). The Morgan fingerprint density at radius 2 is 0.683 bits per heavy atom. The first-order chi connectivity index (χ1) is 19.8. The molecule has 6 nitrogen and oxygen atoms in total. The summed E-state index contributed by atoms with van der Waals surface area (Å²) in [7, 11) is 2.15. The highest BCUT2D eigenvalue weighted by molar-refractivity contribution is 4.80. The van der Waals surface area contributed by atoms with Gasteiger partial charge in [-0.1, -0.05) is 142 Å². The van der Waals surface area contributed by atoms with Gasteiger partial charge in [0.25, 0.3) is 0 Å². The number of likely N-dealkylation sites (N-methyl/N-ethyl adjacent to an activating group) is 1. The average Bonchev–Trinajstić information content (AvgIpc) is 2.97. The van der Waals surface area contributed by atoms with Gasteiger partial charge < -0.3 is 30.0 Å². The second-order valence-corrected chi connectivity index (χ2v) is 13.3. The lowest BCUT2D eigenvalue weighted by Crippen LogP contribution is -2.56. The molecule has 4 atom stereocenters. The van der Waals surface area contributed by atoms with E-state index in [4.69, 9.17) is 5.11 Å². The van der Waals surface area contributed by atoms with Crippen molar-refractivity contribution in [2.24, 2.45) is 0 Å². The van der Waals surface area contributed by atoms with Gasteiger partial charge in [-0.15, -0.1) is 0 Å². The van der Waals surface area contributed by atoms with Crippen LogP contribution in [0, 0.1) is 0 Å². The van der Waals surface area contributed by atoms with E-state index in [1.807, 2.05) is 0 Å². The molecule has 0 aliphatic carbocycles. The highest BCUT2D eigenvalue weighted by Gasteiger charge is 2.35. The Morgan fingerprint density at radius 1 is 0.415 bits per heavy atom. The molecule has 0 amide bonds. The number of rotatable bonds is 32. The van der Waals surface area contributed by atoms with E-state index >= 15 is 0 Å². The quantitative estimate of drug-likeness (QED) is 0.0420. The number of aliphatic hydroxyl groups excluding tert-OH is 5. The summed E-state index contributed by atoms with van der Waals surface area (Å²) in [6.07, 6.45) is 25.8. The zero-order valence-corrected chi connectivity index (χ0v) is 27.8. The number of aliphatic hydroxyl groups is 5. The van der Waals surface area contributed by atoms with Crippen molar-refractivity contribution in [2.75, 3.05) is 33.3 Å². The van der Waals surface area contributed by atoms with Gasteiger partial charge in [-0.2, -0.15) is 0 Å². The fraction of sp³-hybridized carbons (Fsp3) is 1.00.